The maximum absolute atomic E-state index is 13.3. The molecule has 2 amide bonds. The van der Waals surface area contributed by atoms with Gasteiger partial charge in [0.2, 0.25) is 5.91 Å². The first kappa shape index (κ1) is 12.8. The molecule has 2 N–H and O–H groups in total. The Kier molecular flexibility index (Phi) is 2.83. The van der Waals surface area contributed by atoms with E-state index in [2.05, 4.69) is 11.9 Å². The summed E-state index contributed by atoms with van der Waals surface area (Å²) in [5, 5.41) is 12.3. The van der Waals surface area contributed by atoms with E-state index in [1.807, 2.05) is 0 Å². The van der Waals surface area contributed by atoms with Crippen LogP contribution in [0.5, 0.6) is 0 Å². The maximum atomic E-state index is 13.3. The van der Waals surface area contributed by atoms with Crippen LogP contribution in [0, 0.1) is 5.82 Å². The van der Waals surface area contributed by atoms with Crippen molar-refractivity contribution in [3.05, 3.63) is 41.7 Å². The van der Waals surface area contributed by atoms with Gasteiger partial charge in [-0.1, -0.05) is 6.58 Å². The molecule has 20 heavy (non-hydrogen) atoms. The van der Waals surface area contributed by atoms with Crippen LogP contribution in [0.15, 0.2) is 24.8 Å². The fourth-order valence-corrected chi connectivity index (χ4v) is 2.72. The van der Waals surface area contributed by atoms with Crippen molar-refractivity contribution in [2.75, 3.05) is 0 Å². The Morgan fingerprint density at radius 2 is 2.10 bits per heavy atom. The van der Waals surface area contributed by atoms with Crippen molar-refractivity contribution in [2.45, 2.75) is 25.1 Å². The smallest absolute Gasteiger partial charge is 0.259 e. The van der Waals surface area contributed by atoms with E-state index in [1.165, 1.54) is 23.1 Å². The van der Waals surface area contributed by atoms with Crippen LogP contribution in [-0.4, -0.2) is 34.1 Å². The second-order valence-electron chi connectivity index (χ2n) is 4.93. The minimum absolute atomic E-state index is 0.226. The number of nitrogens with one attached hydrogen (secondary N) is 1. The average Bonchev–Trinajstić information content (AvgIpc) is 2.63. The second-order valence-corrected chi connectivity index (χ2v) is 4.93. The maximum Gasteiger partial charge on any atom is 0.259 e. The summed E-state index contributed by atoms with van der Waals surface area (Å²) in [5.41, 5.74) is 1.14. The highest BCUT2D eigenvalue weighted by Crippen LogP contribution is 2.35. The number of hydrogen-bond donors (Lipinski definition) is 2. The Balaban J connectivity index is 1.95. The summed E-state index contributed by atoms with van der Waals surface area (Å²) in [6, 6.07) is 3.30. The van der Waals surface area contributed by atoms with Gasteiger partial charge in [0.15, 0.2) is 0 Å². The van der Waals surface area contributed by atoms with E-state index >= 15 is 0 Å². The van der Waals surface area contributed by atoms with Gasteiger partial charge in [-0.25, -0.2) is 4.39 Å². The molecule has 0 spiro atoms. The third kappa shape index (κ3) is 1.80. The van der Waals surface area contributed by atoms with Crippen LogP contribution < -0.4 is 5.32 Å². The molecule has 5 nitrogen and oxygen atoms in total. The molecular weight excluding hydrogens is 263 g/mol. The molecule has 0 aromatic heterocycles. The van der Waals surface area contributed by atoms with Crippen molar-refractivity contribution in [3.63, 3.8) is 0 Å². The fourth-order valence-electron chi connectivity index (χ4n) is 2.72. The number of nitrogens with zero attached hydrogens (tertiary/aromatic N) is 1. The molecule has 2 unspecified atom stereocenters. The molecule has 2 atom stereocenters. The summed E-state index contributed by atoms with van der Waals surface area (Å²) < 4.78 is 13.3. The number of aliphatic hydroxyl groups excluding tert-OH is 1. The molecule has 104 valence electrons. The van der Waals surface area contributed by atoms with Crippen LogP contribution in [-0.2, 0) is 4.79 Å². The fraction of sp³-hybridized carbons (Fsp3) is 0.286. The zero-order chi connectivity index (χ0) is 14.4. The Bertz CT molecular complexity index is 629. The summed E-state index contributed by atoms with van der Waals surface area (Å²) in [7, 11) is 0. The number of hydrogen-bond acceptors (Lipinski definition) is 3. The number of fused-ring (bicyclic) bond motifs is 1. The van der Waals surface area contributed by atoms with Crippen molar-refractivity contribution in [1.29, 1.82) is 0 Å². The van der Waals surface area contributed by atoms with Gasteiger partial charge in [0.25, 0.3) is 5.91 Å². The zero-order valence-electron chi connectivity index (χ0n) is 10.6. The Labute approximate surface area is 114 Å². The highest BCUT2D eigenvalue weighted by Gasteiger charge is 2.41. The molecule has 6 heteroatoms. The van der Waals surface area contributed by atoms with Crippen molar-refractivity contribution in [2.24, 2.45) is 0 Å². The van der Waals surface area contributed by atoms with E-state index in [1.54, 1.807) is 0 Å². The predicted octanol–water partition coefficient (Wildman–Crippen LogP) is 0.849. The first-order valence-electron chi connectivity index (χ1n) is 6.29. The zero-order valence-corrected chi connectivity index (χ0v) is 10.6. The number of carbonyl (C=O) groups is 2. The van der Waals surface area contributed by atoms with E-state index in [0.717, 1.165) is 0 Å². The van der Waals surface area contributed by atoms with Crippen LogP contribution in [0.4, 0.5) is 4.39 Å². The molecule has 0 saturated carbocycles. The van der Waals surface area contributed by atoms with E-state index in [9.17, 15) is 19.1 Å². The lowest BCUT2D eigenvalue weighted by atomic mass is 10.0. The molecule has 2 heterocycles. The third-order valence-corrected chi connectivity index (χ3v) is 3.70. The minimum atomic E-state index is -1.14. The molecule has 1 saturated heterocycles. The molecule has 1 fully saturated rings. The standard InChI is InChI=1S/C14H13FN2O3/c1-7-10-6-8(15)2-3-9(10)14(20)17(7)11-4-5-12(18)16-13(11)19/h2-3,6,11,13,19H,1,4-5H2,(H,16,18). The van der Waals surface area contributed by atoms with E-state index in [4.69, 9.17) is 0 Å². The van der Waals surface area contributed by atoms with Gasteiger partial charge >= 0.3 is 0 Å². The van der Waals surface area contributed by atoms with Crippen LogP contribution >= 0.6 is 0 Å². The number of carbonyl (C=O) groups excluding carboxylic acids is 2. The Hall–Kier alpha value is -2.21. The highest BCUT2D eigenvalue weighted by atomic mass is 19.1. The summed E-state index contributed by atoms with van der Waals surface area (Å²) >= 11 is 0. The van der Waals surface area contributed by atoms with Crippen LogP contribution in [0.25, 0.3) is 5.70 Å². The molecule has 0 bridgehead atoms. The van der Waals surface area contributed by atoms with Gasteiger partial charge in [0, 0.05) is 23.2 Å². The average molecular weight is 276 g/mol. The van der Waals surface area contributed by atoms with Gasteiger partial charge in [-0.2, -0.15) is 0 Å². The molecule has 0 aliphatic carbocycles. The summed E-state index contributed by atoms with van der Waals surface area (Å²) in [6.07, 6.45) is -0.575. The van der Waals surface area contributed by atoms with Crippen molar-refractivity contribution in [1.82, 2.24) is 10.2 Å². The predicted molar refractivity (Wildman–Crippen MR) is 68.8 cm³/mol. The van der Waals surface area contributed by atoms with Crippen LogP contribution in [0.1, 0.15) is 28.8 Å². The quantitative estimate of drug-likeness (QED) is 0.799. The molecule has 3 rings (SSSR count). The second kappa shape index (κ2) is 4.42. The largest absolute Gasteiger partial charge is 0.372 e. The van der Waals surface area contributed by atoms with Gasteiger partial charge in [-0.3, -0.25) is 9.59 Å². The Morgan fingerprint density at radius 1 is 1.35 bits per heavy atom. The lowest BCUT2D eigenvalue weighted by Gasteiger charge is -2.35. The first-order chi connectivity index (χ1) is 9.49. The minimum Gasteiger partial charge on any atom is -0.372 e. The van der Waals surface area contributed by atoms with Gasteiger partial charge in [0.1, 0.15) is 12.0 Å². The van der Waals surface area contributed by atoms with Gasteiger partial charge in [-0.05, 0) is 24.6 Å². The van der Waals surface area contributed by atoms with Crippen molar-refractivity contribution >= 4 is 17.5 Å². The molecular formula is C14H13FN2O3. The number of aliphatic hydroxyl groups is 1. The first-order valence-corrected chi connectivity index (χ1v) is 6.29. The number of benzene rings is 1. The highest BCUT2D eigenvalue weighted by molar-refractivity contribution is 6.09. The normalized spacial score (nSPS) is 25.7. The number of halogens is 1. The molecule has 1 aromatic carbocycles. The summed E-state index contributed by atoms with van der Waals surface area (Å²) in [4.78, 5) is 24.9. The topological polar surface area (TPSA) is 69.6 Å². The molecule has 1 aromatic rings. The number of amides is 2. The van der Waals surface area contributed by atoms with E-state index in [-0.39, 0.29) is 18.2 Å². The Morgan fingerprint density at radius 3 is 2.80 bits per heavy atom. The summed E-state index contributed by atoms with van der Waals surface area (Å²) in [5.74, 6) is -1.03. The SMILES string of the molecule is C=C1c2cc(F)ccc2C(=O)N1C1CCC(=O)NC1O. The van der Waals surface area contributed by atoms with Crippen LogP contribution in [0.3, 0.4) is 0 Å². The van der Waals surface area contributed by atoms with E-state index in [0.29, 0.717) is 23.2 Å². The number of piperidine rings is 1. The van der Waals surface area contributed by atoms with Gasteiger partial charge < -0.3 is 15.3 Å². The molecule has 2 aliphatic heterocycles. The lowest BCUT2D eigenvalue weighted by Crippen LogP contribution is -2.55. The van der Waals surface area contributed by atoms with Gasteiger partial charge in [0.05, 0.1) is 6.04 Å². The summed E-state index contributed by atoms with van der Waals surface area (Å²) in [6.45, 7) is 3.81. The monoisotopic (exact) mass is 276 g/mol. The van der Waals surface area contributed by atoms with E-state index < -0.39 is 18.1 Å². The molecule has 2 aliphatic rings. The lowest BCUT2D eigenvalue weighted by molar-refractivity contribution is -0.128. The molecule has 0 radical (unpaired) electrons. The van der Waals surface area contributed by atoms with Gasteiger partial charge in [-0.15, -0.1) is 0 Å². The van der Waals surface area contributed by atoms with Crippen molar-refractivity contribution < 1.29 is 19.1 Å². The number of rotatable bonds is 1. The third-order valence-electron chi connectivity index (χ3n) is 3.70. The van der Waals surface area contributed by atoms with Crippen LogP contribution in [0.2, 0.25) is 0 Å². The van der Waals surface area contributed by atoms with Crippen molar-refractivity contribution in [3.8, 4) is 0 Å².